The van der Waals surface area contributed by atoms with Crippen LogP contribution < -0.4 is 0 Å². The Labute approximate surface area is 263 Å². The standard InChI is InChI=1S/C35H40.2CH3.2ClH.Zr/c1-34(2,3)28-22-23-31-32(24-28)29-20-12-13-21-30(29)33(31)35(27-18-10-11-19-27,25-14-6-4-7-15-25)26-16-8-5-9-17-26;;;;;/h4-9,12-17,20-24,27,29-33H,10-11,18-19H2,1-3H3;2*1H3;2*1H;/q;2*-1;;;+4/p-2. The van der Waals surface area contributed by atoms with Gasteiger partial charge in [-0.3, -0.25) is 0 Å². The molecule has 0 saturated heterocycles. The van der Waals surface area contributed by atoms with Crippen molar-refractivity contribution in [1.82, 2.24) is 0 Å². The zero-order chi connectivity index (χ0) is 26.8. The van der Waals surface area contributed by atoms with Crippen LogP contribution in [0.5, 0.6) is 0 Å². The van der Waals surface area contributed by atoms with Gasteiger partial charge in [-0.1, -0.05) is 137 Å². The Balaban J connectivity index is 0.000000846. The molecule has 5 atom stereocenters. The number of hydrogen-bond acceptors (Lipinski definition) is 0. The number of allylic oxidation sites excluding steroid dienone is 8. The molecule has 40 heavy (non-hydrogen) atoms. The van der Waals surface area contributed by atoms with E-state index in [1.165, 1.54) is 42.4 Å². The van der Waals surface area contributed by atoms with Crippen molar-refractivity contribution >= 4 is 17.0 Å². The normalized spacial score (nSPS) is 26.7. The third kappa shape index (κ3) is 6.14. The summed E-state index contributed by atoms with van der Waals surface area (Å²) in [5.41, 5.74) is 4.78. The van der Waals surface area contributed by atoms with E-state index in [1.54, 1.807) is 0 Å². The van der Waals surface area contributed by atoms with Crippen molar-refractivity contribution in [3.05, 3.63) is 135 Å². The molecule has 0 spiro atoms. The summed E-state index contributed by atoms with van der Waals surface area (Å²) in [5, 5.41) is 0. The number of rotatable bonds is 4. The molecular weight excluding hydrogens is 607 g/mol. The van der Waals surface area contributed by atoms with E-state index in [2.05, 4.69) is 124 Å². The van der Waals surface area contributed by atoms with Gasteiger partial charge in [-0.15, -0.1) is 0 Å². The molecule has 0 amide bonds. The first-order valence-electron chi connectivity index (χ1n) is 14.3. The molecule has 5 unspecified atom stereocenters. The number of hydrogen-bond donors (Lipinski definition) is 0. The second-order valence-corrected chi connectivity index (χ2v) is 16.2. The van der Waals surface area contributed by atoms with E-state index >= 15 is 0 Å². The van der Waals surface area contributed by atoms with Gasteiger partial charge >= 0.3 is 37.9 Å². The van der Waals surface area contributed by atoms with Crippen LogP contribution >= 0.6 is 17.0 Å². The zero-order valence-electron chi connectivity index (χ0n) is 24.9. The fourth-order valence-corrected chi connectivity index (χ4v) is 8.30. The van der Waals surface area contributed by atoms with Gasteiger partial charge in [0, 0.05) is 5.41 Å². The van der Waals surface area contributed by atoms with Gasteiger partial charge in [-0.2, -0.15) is 0 Å². The Bertz CT molecular complexity index is 1140. The van der Waals surface area contributed by atoms with Crippen LogP contribution in [0, 0.1) is 55.8 Å². The molecule has 0 radical (unpaired) electrons. The van der Waals surface area contributed by atoms with Crippen LogP contribution in [0.2, 0.25) is 0 Å². The molecular formula is C37H46Cl2Zr. The van der Waals surface area contributed by atoms with E-state index in [4.69, 9.17) is 17.0 Å². The first kappa shape index (κ1) is 33.4. The van der Waals surface area contributed by atoms with Crippen LogP contribution in [0.1, 0.15) is 57.6 Å². The summed E-state index contributed by atoms with van der Waals surface area (Å²) in [6.07, 6.45) is 22.9. The van der Waals surface area contributed by atoms with E-state index < -0.39 is 20.8 Å². The molecule has 2 fully saturated rings. The molecule has 2 aromatic carbocycles. The first-order valence-corrected chi connectivity index (χ1v) is 20.6. The molecule has 2 aromatic rings. The van der Waals surface area contributed by atoms with Gasteiger partial charge in [0.25, 0.3) is 0 Å². The van der Waals surface area contributed by atoms with Crippen LogP contribution in [0.15, 0.2) is 109 Å². The zero-order valence-corrected chi connectivity index (χ0v) is 28.8. The SMILES string of the molecule is CC(C)(C)C1=CC2C3C=CC=CC3C(C(c3ccccc3)(c3ccccc3)C3CCCC3)C2C=C1.[CH3-].[CH3-].[Cl][Zr+2][Cl]. The number of benzene rings is 2. The van der Waals surface area contributed by atoms with Crippen molar-refractivity contribution in [3.63, 3.8) is 0 Å². The summed E-state index contributed by atoms with van der Waals surface area (Å²) in [6.45, 7) is 7.09. The van der Waals surface area contributed by atoms with E-state index in [0.717, 1.165) is 0 Å². The van der Waals surface area contributed by atoms with Crippen LogP contribution in [0.25, 0.3) is 0 Å². The fraction of sp³-hybridized carbons (Fsp3) is 0.405. The van der Waals surface area contributed by atoms with E-state index in [1.807, 2.05) is 0 Å². The van der Waals surface area contributed by atoms with Crippen LogP contribution in [-0.4, -0.2) is 0 Å². The molecule has 0 heterocycles. The third-order valence-electron chi connectivity index (χ3n) is 9.70. The van der Waals surface area contributed by atoms with Crippen molar-refractivity contribution in [1.29, 1.82) is 0 Å². The van der Waals surface area contributed by atoms with Crippen molar-refractivity contribution in [2.24, 2.45) is 40.9 Å². The molecule has 4 aliphatic carbocycles. The van der Waals surface area contributed by atoms with Gasteiger partial charge in [-0.25, -0.2) is 0 Å². The molecule has 4 aliphatic rings. The minimum absolute atomic E-state index is 0. The average Bonchev–Trinajstić information content (AvgIpc) is 3.58. The van der Waals surface area contributed by atoms with Crippen molar-refractivity contribution in [2.75, 3.05) is 0 Å². The summed E-state index contributed by atoms with van der Waals surface area (Å²) in [5.74, 6) is 3.46. The molecule has 6 rings (SSSR count). The van der Waals surface area contributed by atoms with Gasteiger partial charge < -0.3 is 14.9 Å². The fourth-order valence-electron chi connectivity index (χ4n) is 8.30. The maximum absolute atomic E-state index is 4.93. The molecule has 0 nitrogen and oxygen atoms in total. The van der Waals surface area contributed by atoms with Crippen LogP contribution in [0.4, 0.5) is 0 Å². The second-order valence-electron chi connectivity index (χ2n) is 12.5. The monoisotopic (exact) mass is 650 g/mol. The summed E-state index contributed by atoms with van der Waals surface area (Å²) in [4.78, 5) is 0. The van der Waals surface area contributed by atoms with E-state index in [-0.39, 0.29) is 25.7 Å². The molecule has 2 saturated carbocycles. The second kappa shape index (κ2) is 14.4. The Kier molecular flexibility index (Phi) is 12.0. The minimum atomic E-state index is -0.826. The summed E-state index contributed by atoms with van der Waals surface area (Å²) in [6, 6.07) is 23.3. The predicted octanol–water partition coefficient (Wildman–Crippen LogP) is 11.2. The first-order chi connectivity index (χ1) is 18.4. The molecule has 0 bridgehead atoms. The predicted molar refractivity (Wildman–Crippen MR) is 173 cm³/mol. The third-order valence-corrected chi connectivity index (χ3v) is 9.70. The average molecular weight is 653 g/mol. The van der Waals surface area contributed by atoms with Crippen LogP contribution in [-0.2, 0) is 26.3 Å². The van der Waals surface area contributed by atoms with Gasteiger partial charge in [0.05, 0.1) is 0 Å². The van der Waals surface area contributed by atoms with Gasteiger partial charge in [0.1, 0.15) is 0 Å². The van der Waals surface area contributed by atoms with Gasteiger partial charge in [0.2, 0.25) is 0 Å². The van der Waals surface area contributed by atoms with E-state index in [0.29, 0.717) is 35.5 Å². The Morgan fingerprint density at radius 1 is 0.675 bits per heavy atom. The molecule has 0 N–H and O–H groups in total. The molecule has 0 aliphatic heterocycles. The van der Waals surface area contributed by atoms with E-state index in [9.17, 15) is 0 Å². The summed E-state index contributed by atoms with van der Waals surface area (Å²) in [7, 11) is 9.87. The van der Waals surface area contributed by atoms with Crippen molar-refractivity contribution in [2.45, 2.75) is 51.9 Å². The van der Waals surface area contributed by atoms with Gasteiger partial charge in [0.15, 0.2) is 0 Å². The number of fused-ring (bicyclic) bond motifs is 3. The quantitative estimate of drug-likeness (QED) is 0.288. The topological polar surface area (TPSA) is 0 Å². The molecule has 3 heteroatoms. The Morgan fingerprint density at radius 2 is 1.15 bits per heavy atom. The summed E-state index contributed by atoms with van der Waals surface area (Å²) >= 11 is -0.826. The van der Waals surface area contributed by atoms with Crippen molar-refractivity contribution in [3.8, 4) is 0 Å². The van der Waals surface area contributed by atoms with Crippen LogP contribution in [0.3, 0.4) is 0 Å². The Hall–Kier alpha value is -1.14. The number of halogens is 2. The van der Waals surface area contributed by atoms with Gasteiger partial charge in [-0.05, 0) is 70.5 Å². The molecule has 0 aromatic heterocycles. The Morgan fingerprint density at radius 3 is 1.65 bits per heavy atom. The summed E-state index contributed by atoms with van der Waals surface area (Å²) < 4.78 is 0. The van der Waals surface area contributed by atoms with Crippen molar-refractivity contribution < 1.29 is 20.8 Å². The maximum atomic E-state index is 4.93. The molecule has 212 valence electrons.